The zero-order valence-electron chi connectivity index (χ0n) is 10.8. The molecule has 18 heavy (non-hydrogen) atoms. The SMILES string of the molecule is CNC(C)C(O)c1ccccc1-c1ccccc1. The molecule has 0 bridgehead atoms. The van der Waals surface area contributed by atoms with E-state index < -0.39 is 6.10 Å². The molecular formula is C16H19NO. The van der Waals surface area contributed by atoms with Gasteiger partial charge < -0.3 is 10.4 Å². The highest BCUT2D eigenvalue weighted by molar-refractivity contribution is 5.67. The van der Waals surface area contributed by atoms with Crippen molar-refractivity contribution < 1.29 is 5.11 Å². The summed E-state index contributed by atoms with van der Waals surface area (Å²) in [6.45, 7) is 1.98. The molecule has 94 valence electrons. The van der Waals surface area contributed by atoms with Crippen LogP contribution >= 0.6 is 0 Å². The molecule has 2 atom stereocenters. The zero-order valence-corrected chi connectivity index (χ0v) is 10.8. The summed E-state index contributed by atoms with van der Waals surface area (Å²) >= 11 is 0. The van der Waals surface area contributed by atoms with Crippen molar-refractivity contribution in [2.45, 2.75) is 19.1 Å². The van der Waals surface area contributed by atoms with E-state index in [4.69, 9.17) is 0 Å². The van der Waals surface area contributed by atoms with Gasteiger partial charge in [0.25, 0.3) is 0 Å². The number of likely N-dealkylation sites (N-methyl/N-ethyl adjacent to an activating group) is 1. The summed E-state index contributed by atoms with van der Waals surface area (Å²) in [6, 6.07) is 18.2. The fourth-order valence-corrected chi connectivity index (χ4v) is 2.06. The van der Waals surface area contributed by atoms with Gasteiger partial charge in [0.2, 0.25) is 0 Å². The van der Waals surface area contributed by atoms with Crippen molar-refractivity contribution >= 4 is 0 Å². The van der Waals surface area contributed by atoms with Crippen LogP contribution < -0.4 is 5.32 Å². The molecule has 0 aromatic heterocycles. The third kappa shape index (κ3) is 2.61. The minimum atomic E-state index is -0.508. The molecule has 0 aliphatic rings. The second-order valence-corrected chi connectivity index (χ2v) is 4.48. The highest BCUT2D eigenvalue weighted by atomic mass is 16.3. The van der Waals surface area contributed by atoms with E-state index in [0.29, 0.717) is 0 Å². The third-order valence-corrected chi connectivity index (χ3v) is 3.29. The van der Waals surface area contributed by atoms with E-state index in [0.717, 1.165) is 16.7 Å². The number of nitrogens with one attached hydrogen (secondary N) is 1. The Balaban J connectivity index is 2.44. The lowest BCUT2D eigenvalue weighted by Crippen LogP contribution is -2.29. The largest absolute Gasteiger partial charge is 0.387 e. The van der Waals surface area contributed by atoms with E-state index in [2.05, 4.69) is 23.5 Å². The molecule has 2 N–H and O–H groups in total. The summed E-state index contributed by atoms with van der Waals surface area (Å²) in [5, 5.41) is 13.5. The minimum absolute atomic E-state index is 0.0230. The highest BCUT2D eigenvalue weighted by Crippen LogP contribution is 2.29. The molecule has 0 heterocycles. The maximum Gasteiger partial charge on any atom is 0.0946 e. The van der Waals surface area contributed by atoms with Crippen LogP contribution in [0.25, 0.3) is 11.1 Å². The van der Waals surface area contributed by atoms with Crippen molar-refractivity contribution in [1.82, 2.24) is 5.32 Å². The van der Waals surface area contributed by atoms with Gasteiger partial charge in [0.1, 0.15) is 0 Å². The van der Waals surface area contributed by atoms with Crippen molar-refractivity contribution in [2.75, 3.05) is 7.05 Å². The fraction of sp³-hybridized carbons (Fsp3) is 0.250. The fourth-order valence-electron chi connectivity index (χ4n) is 2.06. The van der Waals surface area contributed by atoms with Crippen LogP contribution in [0.3, 0.4) is 0 Å². The predicted molar refractivity (Wildman–Crippen MR) is 75.4 cm³/mol. The minimum Gasteiger partial charge on any atom is -0.387 e. The summed E-state index contributed by atoms with van der Waals surface area (Å²) in [5.41, 5.74) is 3.19. The van der Waals surface area contributed by atoms with E-state index in [1.165, 1.54) is 0 Å². The monoisotopic (exact) mass is 241 g/mol. The molecule has 2 heteroatoms. The lowest BCUT2D eigenvalue weighted by molar-refractivity contribution is 0.140. The van der Waals surface area contributed by atoms with Gasteiger partial charge in [-0.2, -0.15) is 0 Å². The molecule has 2 unspecified atom stereocenters. The molecular weight excluding hydrogens is 222 g/mol. The average molecular weight is 241 g/mol. The van der Waals surface area contributed by atoms with Crippen molar-refractivity contribution in [1.29, 1.82) is 0 Å². The second kappa shape index (κ2) is 5.80. The molecule has 0 aliphatic carbocycles. The van der Waals surface area contributed by atoms with Gasteiger partial charge in [-0.05, 0) is 30.7 Å². The molecule has 2 aromatic rings. The Labute approximate surface area is 108 Å². The molecule has 0 amide bonds. The first-order valence-electron chi connectivity index (χ1n) is 6.23. The van der Waals surface area contributed by atoms with Crippen LogP contribution in [0, 0.1) is 0 Å². The zero-order chi connectivity index (χ0) is 13.0. The third-order valence-electron chi connectivity index (χ3n) is 3.29. The van der Waals surface area contributed by atoms with Gasteiger partial charge in [-0.1, -0.05) is 54.6 Å². The van der Waals surface area contributed by atoms with Crippen molar-refractivity contribution in [3.63, 3.8) is 0 Å². The first-order chi connectivity index (χ1) is 8.74. The molecule has 2 nitrogen and oxygen atoms in total. The van der Waals surface area contributed by atoms with Crippen molar-refractivity contribution in [3.05, 3.63) is 60.2 Å². The van der Waals surface area contributed by atoms with E-state index in [-0.39, 0.29) is 6.04 Å². The lowest BCUT2D eigenvalue weighted by Gasteiger charge is -2.21. The van der Waals surface area contributed by atoms with E-state index in [1.54, 1.807) is 0 Å². The lowest BCUT2D eigenvalue weighted by atomic mass is 9.93. The van der Waals surface area contributed by atoms with Crippen LogP contribution in [0.5, 0.6) is 0 Å². The van der Waals surface area contributed by atoms with Crippen LogP contribution in [-0.2, 0) is 0 Å². The Bertz CT molecular complexity index is 495. The smallest absolute Gasteiger partial charge is 0.0946 e. The maximum absolute atomic E-state index is 10.4. The number of benzene rings is 2. The summed E-state index contributed by atoms with van der Waals surface area (Å²) in [4.78, 5) is 0. The Morgan fingerprint density at radius 2 is 1.56 bits per heavy atom. The Morgan fingerprint density at radius 1 is 0.944 bits per heavy atom. The van der Waals surface area contributed by atoms with Gasteiger partial charge in [-0.3, -0.25) is 0 Å². The topological polar surface area (TPSA) is 32.3 Å². The standard InChI is InChI=1S/C16H19NO/c1-12(17-2)16(18)15-11-7-6-10-14(15)13-8-4-3-5-9-13/h3-12,16-18H,1-2H3. The normalized spacial score (nSPS) is 14.2. The molecule has 0 saturated heterocycles. The summed E-state index contributed by atoms with van der Waals surface area (Å²) in [5.74, 6) is 0. The van der Waals surface area contributed by atoms with Crippen molar-refractivity contribution in [2.24, 2.45) is 0 Å². The van der Waals surface area contributed by atoms with Gasteiger partial charge >= 0.3 is 0 Å². The van der Waals surface area contributed by atoms with Crippen LogP contribution in [0.4, 0.5) is 0 Å². The van der Waals surface area contributed by atoms with Crippen LogP contribution in [0.15, 0.2) is 54.6 Å². The summed E-state index contributed by atoms with van der Waals surface area (Å²) in [6.07, 6.45) is -0.508. The van der Waals surface area contributed by atoms with Gasteiger partial charge in [0, 0.05) is 6.04 Å². The number of aliphatic hydroxyl groups excluding tert-OH is 1. The first-order valence-corrected chi connectivity index (χ1v) is 6.23. The maximum atomic E-state index is 10.4. The van der Waals surface area contributed by atoms with Crippen LogP contribution in [-0.4, -0.2) is 18.2 Å². The first kappa shape index (κ1) is 12.8. The van der Waals surface area contributed by atoms with E-state index in [9.17, 15) is 5.11 Å². The second-order valence-electron chi connectivity index (χ2n) is 4.48. The Kier molecular flexibility index (Phi) is 4.13. The Morgan fingerprint density at radius 3 is 2.22 bits per heavy atom. The van der Waals surface area contributed by atoms with E-state index >= 15 is 0 Å². The molecule has 2 rings (SSSR count). The molecule has 0 fully saturated rings. The van der Waals surface area contributed by atoms with Gasteiger partial charge in [0.15, 0.2) is 0 Å². The van der Waals surface area contributed by atoms with Gasteiger partial charge in [0.05, 0.1) is 6.10 Å². The number of hydrogen-bond donors (Lipinski definition) is 2. The molecule has 2 aromatic carbocycles. The number of hydrogen-bond acceptors (Lipinski definition) is 2. The molecule has 0 radical (unpaired) electrons. The summed E-state index contributed by atoms with van der Waals surface area (Å²) < 4.78 is 0. The van der Waals surface area contributed by atoms with Crippen LogP contribution in [0.2, 0.25) is 0 Å². The molecule has 0 spiro atoms. The predicted octanol–water partition coefficient (Wildman–Crippen LogP) is 2.99. The molecule has 0 saturated carbocycles. The number of rotatable bonds is 4. The average Bonchev–Trinajstić information content (AvgIpc) is 2.46. The molecule has 0 aliphatic heterocycles. The quantitative estimate of drug-likeness (QED) is 0.862. The van der Waals surface area contributed by atoms with Crippen molar-refractivity contribution in [3.8, 4) is 11.1 Å². The van der Waals surface area contributed by atoms with E-state index in [1.807, 2.05) is 50.4 Å². The van der Waals surface area contributed by atoms with Crippen LogP contribution in [0.1, 0.15) is 18.6 Å². The van der Waals surface area contributed by atoms with Gasteiger partial charge in [-0.25, -0.2) is 0 Å². The summed E-state index contributed by atoms with van der Waals surface area (Å²) in [7, 11) is 1.86. The van der Waals surface area contributed by atoms with Gasteiger partial charge in [-0.15, -0.1) is 0 Å². The highest BCUT2D eigenvalue weighted by Gasteiger charge is 2.18. The number of aliphatic hydroxyl groups is 1. The Hall–Kier alpha value is -1.64.